The molecule has 0 bridgehead atoms. The minimum Gasteiger partial charge on any atom is -0.365 e. The average Bonchev–Trinajstić information content (AvgIpc) is 2.81. The summed E-state index contributed by atoms with van der Waals surface area (Å²) in [5.74, 6) is 0.927. The number of hydrogen-bond acceptors (Lipinski definition) is 4. The molecule has 0 fully saturated rings. The molecule has 0 unspecified atom stereocenters. The van der Waals surface area contributed by atoms with E-state index in [1.54, 1.807) is 17.7 Å². The number of rotatable bonds is 3. The van der Waals surface area contributed by atoms with Crippen molar-refractivity contribution in [2.24, 2.45) is 0 Å². The van der Waals surface area contributed by atoms with Crippen LogP contribution in [0.2, 0.25) is 0 Å². The van der Waals surface area contributed by atoms with Gasteiger partial charge in [-0.2, -0.15) is 0 Å². The fraction of sp³-hybridized carbons (Fsp3) is 0.250. The summed E-state index contributed by atoms with van der Waals surface area (Å²) in [6, 6.07) is 6.39. The summed E-state index contributed by atoms with van der Waals surface area (Å²) in [6.07, 6.45) is 1.63. The number of aromatic nitrogens is 2. The predicted octanol–water partition coefficient (Wildman–Crippen LogP) is 4.23. The lowest BCUT2D eigenvalue weighted by Crippen LogP contribution is -2.05. The summed E-state index contributed by atoms with van der Waals surface area (Å²) in [6.45, 7) is 7.17. The Hall–Kier alpha value is -1.94. The van der Waals surface area contributed by atoms with Crippen LogP contribution in [0.5, 0.6) is 0 Å². The molecule has 3 nitrogen and oxygen atoms in total. The van der Waals surface area contributed by atoms with Gasteiger partial charge >= 0.3 is 0 Å². The lowest BCUT2D eigenvalue weighted by molar-refractivity contribution is 1.07. The van der Waals surface area contributed by atoms with Gasteiger partial charge in [-0.3, -0.25) is 0 Å². The predicted molar refractivity (Wildman–Crippen MR) is 85.4 cm³/mol. The molecule has 0 atom stereocenters. The molecule has 3 rings (SSSR count). The van der Waals surface area contributed by atoms with Crippen LogP contribution in [-0.2, 0) is 6.54 Å². The van der Waals surface area contributed by atoms with E-state index in [0.29, 0.717) is 0 Å². The second-order valence-corrected chi connectivity index (χ2v) is 5.92. The number of thiophene rings is 1. The van der Waals surface area contributed by atoms with E-state index in [9.17, 15) is 0 Å². The maximum atomic E-state index is 4.38. The van der Waals surface area contributed by atoms with Crippen LogP contribution in [0.15, 0.2) is 29.9 Å². The summed E-state index contributed by atoms with van der Waals surface area (Å²) in [5, 5.41) is 5.59. The van der Waals surface area contributed by atoms with Crippen LogP contribution in [0.25, 0.3) is 10.2 Å². The lowest BCUT2D eigenvalue weighted by Gasteiger charge is -2.11. The smallest absolute Gasteiger partial charge is 0.147 e. The first-order chi connectivity index (χ1) is 9.66. The second kappa shape index (κ2) is 5.21. The zero-order valence-corrected chi connectivity index (χ0v) is 12.7. The number of anilines is 1. The number of nitrogens with zero attached hydrogens (tertiary/aromatic N) is 2. The monoisotopic (exact) mass is 283 g/mol. The molecular formula is C16H17N3S. The third kappa shape index (κ3) is 2.27. The van der Waals surface area contributed by atoms with E-state index in [2.05, 4.69) is 59.6 Å². The largest absolute Gasteiger partial charge is 0.365 e. The molecule has 2 aromatic heterocycles. The molecule has 3 aromatic rings. The molecule has 20 heavy (non-hydrogen) atoms. The van der Waals surface area contributed by atoms with Crippen molar-refractivity contribution in [1.29, 1.82) is 0 Å². The molecule has 1 aromatic carbocycles. The third-order valence-corrected chi connectivity index (χ3v) is 4.70. The SMILES string of the molecule is Cc1cccc(C)c1CNc1ncnc2c(C)csc12. The fourth-order valence-electron chi connectivity index (χ4n) is 2.40. The quantitative estimate of drug-likeness (QED) is 0.781. The van der Waals surface area contributed by atoms with E-state index in [1.807, 2.05) is 0 Å². The number of hydrogen-bond donors (Lipinski definition) is 1. The number of benzene rings is 1. The van der Waals surface area contributed by atoms with Gasteiger partial charge in [0, 0.05) is 6.54 Å². The molecule has 4 heteroatoms. The van der Waals surface area contributed by atoms with E-state index in [0.717, 1.165) is 22.6 Å². The number of aryl methyl sites for hydroxylation is 3. The van der Waals surface area contributed by atoms with Crippen LogP contribution < -0.4 is 5.32 Å². The van der Waals surface area contributed by atoms with E-state index >= 15 is 0 Å². The van der Waals surface area contributed by atoms with Gasteiger partial charge in [0.15, 0.2) is 0 Å². The topological polar surface area (TPSA) is 37.8 Å². The first-order valence-corrected chi connectivity index (χ1v) is 7.52. The first-order valence-electron chi connectivity index (χ1n) is 6.64. The van der Waals surface area contributed by atoms with Gasteiger partial charge in [0.2, 0.25) is 0 Å². The third-order valence-electron chi connectivity index (χ3n) is 3.61. The Kier molecular flexibility index (Phi) is 3.40. The van der Waals surface area contributed by atoms with Crippen molar-refractivity contribution in [1.82, 2.24) is 9.97 Å². The van der Waals surface area contributed by atoms with Gasteiger partial charge in [-0.05, 0) is 48.4 Å². The van der Waals surface area contributed by atoms with E-state index in [4.69, 9.17) is 0 Å². The molecule has 0 saturated heterocycles. The first kappa shape index (κ1) is 13.1. The van der Waals surface area contributed by atoms with Crippen LogP contribution >= 0.6 is 11.3 Å². The van der Waals surface area contributed by atoms with Gasteiger partial charge in [-0.1, -0.05) is 18.2 Å². The highest BCUT2D eigenvalue weighted by Crippen LogP contribution is 2.29. The minimum absolute atomic E-state index is 0.793. The van der Waals surface area contributed by atoms with E-state index in [1.165, 1.54) is 22.3 Å². The van der Waals surface area contributed by atoms with Crippen molar-refractivity contribution >= 4 is 27.4 Å². The lowest BCUT2D eigenvalue weighted by atomic mass is 10.0. The molecule has 0 spiro atoms. The van der Waals surface area contributed by atoms with Crippen LogP contribution in [0.4, 0.5) is 5.82 Å². The zero-order chi connectivity index (χ0) is 14.1. The summed E-state index contributed by atoms with van der Waals surface area (Å²) >= 11 is 1.70. The highest BCUT2D eigenvalue weighted by molar-refractivity contribution is 7.18. The van der Waals surface area contributed by atoms with Crippen LogP contribution in [0.1, 0.15) is 22.3 Å². The highest BCUT2D eigenvalue weighted by atomic mass is 32.1. The van der Waals surface area contributed by atoms with Crippen molar-refractivity contribution in [3.8, 4) is 0 Å². The summed E-state index contributed by atoms with van der Waals surface area (Å²) in [7, 11) is 0. The maximum Gasteiger partial charge on any atom is 0.147 e. The van der Waals surface area contributed by atoms with Crippen LogP contribution in [0, 0.1) is 20.8 Å². The molecule has 0 amide bonds. The molecular weight excluding hydrogens is 266 g/mol. The Labute approximate surface area is 122 Å². The standard InChI is InChI=1S/C16H17N3S/c1-10-5-4-6-11(2)13(10)7-17-16-15-14(18-9-19-16)12(3)8-20-15/h4-6,8-9H,7H2,1-3H3,(H,17,18,19). The summed E-state index contributed by atoms with van der Waals surface area (Å²) in [4.78, 5) is 8.73. The van der Waals surface area contributed by atoms with Gasteiger partial charge in [0.25, 0.3) is 0 Å². The van der Waals surface area contributed by atoms with Gasteiger partial charge in [0.05, 0.1) is 10.2 Å². The summed E-state index contributed by atoms with van der Waals surface area (Å²) < 4.78 is 1.14. The van der Waals surface area contributed by atoms with Crippen molar-refractivity contribution in [2.45, 2.75) is 27.3 Å². The molecule has 102 valence electrons. The Balaban J connectivity index is 1.91. The zero-order valence-electron chi connectivity index (χ0n) is 11.9. The van der Waals surface area contributed by atoms with E-state index < -0.39 is 0 Å². The van der Waals surface area contributed by atoms with Gasteiger partial charge in [-0.15, -0.1) is 11.3 Å². The van der Waals surface area contributed by atoms with Crippen molar-refractivity contribution in [3.63, 3.8) is 0 Å². The minimum atomic E-state index is 0.793. The number of fused-ring (bicyclic) bond motifs is 1. The summed E-state index contributed by atoms with van der Waals surface area (Å²) in [5.41, 5.74) is 6.22. The molecule has 0 aliphatic rings. The Morgan fingerprint density at radius 1 is 1.05 bits per heavy atom. The van der Waals surface area contributed by atoms with Gasteiger partial charge < -0.3 is 5.32 Å². The second-order valence-electron chi connectivity index (χ2n) is 5.04. The molecule has 0 saturated carbocycles. The Bertz CT molecular complexity index is 741. The van der Waals surface area contributed by atoms with Crippen molar-refractivity contribution in [2.75, 3.05) is 5.32 Å². The van der Waals surface area contributed by atoms with Crippen molar-refractivity contribution < 1.29 is 0 Å². The van der Waals surface area contributed by atoms with Crippen LogP contribution in [-0.4, -0.2) is 9.97 Å². The number of nitrogens with one attached hydrogen (secondary N) is 1. The highest BCUT2D eigenvalue weighted by Gasteiger charge is 2.09. The van der Waals surface area contributed by atoms with E-state index in [-0.39, 0.29) is 0 Å². The molecule has 0 radical (unpaired) electrons. The Morgan fingerprint density at radius 2 is 1.80 bits per heavy atom. The van der Waals surface area contributed by atoms with Crippen LogP contribution in [0.3, 0.4) is 0 Å². The van der Waals surface area contributed by atoms with Gasteiger partial charge in [0.1, 0.15) is 12.1 Å². The average molecular weight is 283 g/mol. The van der Waals surface area contributed by atoms with Crippen molar-refractivity contribution in [3.05, 3.63) is 52.2 Å². The molecule has 2 heterocycles. The molecule has 0 aliphatic heterocycles. The normalized spacial score (nSPS) is 10.9. The molecule has 1 N–H and O–H groups in total. The fourth-order valence-corrected chi connectivity index (χ4v) is 3.36. The maximum absolute atomic E-state index is 4.38. The Morgan fingerprint density at radius 3 is 2.55 bits per heavy atom. The van der Waals surface area contributed by atoms with Gasteiger partial charge in [-0.25, -0.2) is 9.97 Å². The molecule has 0 aliphatic carbocycles.